The van der Waals surface area contributed by atoms with Crippen LogP contribution >= 0.6 is 11.3 Å². The van der Waals surface area contributed by atoms with E-state index in [4.69, 9.17) is 0 Å². The lowest BCUT2D eigenvalue weighted by Gasteiger charge is -2.31. The van der Waals surface area contributed by atoms with Crippen LogP contribution in [0.3, 0.4) is 0 Å². The third kappa shape index (κ3) is 3.96. The highest BCUT2D eigenvalue weighted by Crippen LogP contribution is 2.32. The molecule has 2 rings (SSSR count). The summed E-state index contributed by atoms with van der Waals surface area (Å²) < 4.78 is 37.4. The van der Waals surface area contributed by atoms with Gasteiger partial charge in [-0.1, -0.05) is 6.92 Å². The van der Waals surface area contributed by atoms with E-state index in [0.29, 0.717) is 32.4 Å². The molecule has 1 N–H and O–H groups in total. The second-order valence-electron chi connectivity index (χ2n) is 5.06. The molecular formula is C13H16F3N3O2S. The quantitative estimate of drug-likeness (QED) is 0.924. The van der Waals surface area contributed by atoms with Crippen molar-refractivity contribution in [1.29, 1.82) is 0 Å². The molecule has 22 heavy (non-hydrogen) atoms. The van der Waals surface area contributed by atoms with Gasteiger partial charge in [0.15, 0.2) is 10.8 Å². The molecule has 0 spiro atoms. The molecule has 0 radical (unpaired) electrons. The van der Waals surface area contributed by atoms with E-state index in [9.17, 15) is 22.8 Å². The van der Waals surface area contributed by atoms with Crippen LogP contribution < -0.4 is 5.32 Å². The summed E-state index contributed by atoms with van der Waals surface area (Å²) in [5, 5.41) is 3.20. The summed E-state index contributed by atoms with van der Waals surface area (Å²) in [6.07, 6.45) is -2.84. The van der Waals surface area contributed by atoms with Crippen molar-refractivity contribution in [3.63, 3.8) is 0 Å². The lowest BCUT2D eigenvalue weighted by molar-refractivity contribution is -0.140. The van der Waals surface area contributed by atoms with E-state index in [1.165, 1.54) is 0 Å². The Labute approximate surface area is 129 Å². The first kappa shape index (κ1) is 16.7. The Morgan fingerprint density at radius 1 is 1.50 bits per heavy atom. The van der Waals surface area contributed by atoms with Gasteiger partial charge in [0.25, 0.3) is 0 Å². The van der Waals surface area contributed by atoms with Gasteiger partial charge in [0.1, 0.15) is 0 Å². The molecule has 1 fully saturated rings. The molecule has 0 aromatic carbocycles. The Morgan fingerprint density at radius 3 is 2.82 bits per heavy atom. The van der Waals surface area contributed by atoms with Crippen molar-refractivity contribution in [2.24, 2.45) is 5.92 Å². The maximum atomic E-state index is 12.5. The van der Waals surface area contributed by atoms with Crippen LogP contribution in [0.4, 0.5) is 18.3 Å². The highest BCUT2D eigenvalue weighted by atomic mass is 32.1. The van der Waals surface area contributed by atoms with Crippen LogP contribution in [0.25, 0.3) is 0 Å². The highest BCUT2D eigenvalue weighted by molar-refractivity contribution is 7.13. The lowest BCUT2D eigenvalue weighted by Crippen LogP contribution is -2.43. The van der Waals surface area contributed by atoms with E-state index >= 15 is 0 Å². The molecule has 5 nitrogen and oxygen atoms in total. The number of amides is 2. The van der Waals surface area contributed by atoms with Crippen LogP contribution in [0.1, 0.15) is 31.9 Å². The molecule has 0 bridgehead atoms. The summed E-state index contributed by atoms with van der Waals surface area (Å²) >= 11 is 0.737. The fourth-order valence-corrected chi connectivity index (χ4v) is 3.03. The maximum Gasteiger partial charge on any atom is 0.434 e. The minimum absolute atomic E-state index is 0.0221. The molecule has 2 amide bonds. The molecule has 0 aliphatic carbocycles. The van der Waals surface area contributed by atoms with Crippen LogP contribution in [0, 0.1) is 5.92 Å². The normalized spacial score (nSPS) is 19.1. The molecule has 9 heteroatoms. The Morgan fingerprint density at radius 2 is 2.23 bits per heavy atom. The monoisotopic (exact) mass is 335 g/mol. The minimum atomic E-state index is -4.52. The third-order valence-electron chi connectivity index (χ3n) is 3.47. The zero-order valence-electron chi connectivity index (χ0n) is 11.9. The van der Waals surface area contributed by atoms with Crippen molar-refractivity contribution in [2.75, 3.05) is 18.4 Å². The molecule has 2 heterocycles. The Kier molecular flexibility index (Phi) is 5.05. The van der Waals surface area contributed by atoms with Gasteiger partial charge >= 0.3 is 6.18 Å². The van der Waals surface area contributed by atoms with Gasteiger partial charge in [-0.2, -0.15) is 13.2 Å². The summed E-state index contributed by atoms with van der Waals surface area (Å²) in [6.45, 7) is 2.67. The number of piperidine rings is 1. The lowest BCUT2D eigenvalue weighted by atomic mass is 9.97. The van der Waals surface area contributed by atoms with E-state index in [0.717, 1.165) is 16.7 Å². The number of rotatable bonds is 3. The number of anilines is 1. The number of hydrogen-bond donors (Lipinski definition) is 1. The van der Waals surface area contributed by atoms with Crippen LogP contribution in [0.5, 0.6) is 0 Å². The largest absolute Gasteiger partial charge is 0.434 e. The number of alkyl halides is 3. The molecule has 0 saturated carbocycles. The zero-order chi connectivity index (χ0) is 16.3. The van der Waals surface area contributed by atoms with Crippen LogP contribution in [0.2, 0.25) is 0 Å². The molecule has 1 aromatic rings. The fraction of sp³-hybridized carbons (Fsp3) is 0.615. The predicted octanol–water partition coefficient (Wildman–Crippen LogP) is 2.75. The summed E-state index contributed by atoms with van der Waals surface area (Å²) in [6, 6.07) is 0. The number of aromatic nitrogens is 1. The van der Waals surface area contributed by atoms with Gasteiger partial charge in [-0.05, 0) is 12.8 Å². The van der Waals surface area contributed by atoms with Gasteiger partial charge in [0.2, 0.25) is 11.8 Å². The van der Waals surface area contributed by atoms with E-state index in [1.807, 2.05) is 0 Å². The Balaban J connectivity index is 1.97. The molecular weight excluding hydrogens is 319 g/mol. The molecule has 1 atom stereocenters. The van der Waals surface area contributed by atoms with Crippen molar-refractivity contribution in [3.8, 4) is 0 Å². The zero-order valence-corrected chi connectivity index (χ0v) is 12.8. The van der Waals surface area contributed by atoms with Gasteiger partial charge in [-0.25, -0.2) is 4.98 Å². The SMILES string of the molecule is CCC(=O)N1CCCC(C(=O)Nc2nc(C(F)(F)F)cs2)C1. The predicted molar refractivity (Wildman–Crippen MR) is 75.3 cm³/mol. The van der Waals surface area contributed by atoms with Crippen LogP contribution in [-0.4, -0.2) is 34.8 Å². The molecule has 122 valence electrons. The summed E-state index contributed by atoms with van der Waals surface area (Å²) in [7, 11) is 0. The van der Waals surface area contributed by atoms with Crippen molar-refractivity contribution in [3.05, 3.63) is 11.1 Å². The van der Waals surface area contributed by atoms with E-state index in [-0.39, 0.29) is 11.0 Å². The van der Waals surface area contributed by atoms with E-state index < -0.39 is 23.7 Å². The van der Waals surface area contributed by atoms with Crippen molar-refractivity contribution < 1.29 is 22.8 Å². The third-order valence-corrected chi connectivity index (χ3v) is 4.23. The average Bonchev–Trinajstić information content (AvgIpc) is 2.95. The molecule has 1 aliphatic rings. The summed E-state index contributed by atoms with van der Waals surface area (Å²) in [4.78, 5) is 28.8. The van der Waals surface area contributed by atoms with Crippen LogP contribution in [-0.2, 0) is 15.8 Å². The Bertz CT molecular complexity index is 559. The molecule has 1 aromatic heterocycles. The standard InChI is InChI=1S/C13H16F3N3O2S/c1-2-10(20)19-5-3-4-8(6-19)11(21)18-12-17-9(7-22-12)13(14,15)16/h7-8H,2-6H2,1H3,(H,17,18,21). The average molecular weight is 335 g/mol. The number of hydrogen-bond acceptors (Lipinski definition) is 4. The first-order chi connectivity index (χ1) is 10.3. The summed E-state index contributed by atoms with van der Waals surface area (Å²) in [5.41, 5.74) is -1.01. The number of halogens is 3. The minimum Gasteiger partial charge on any atom is -0.342 e. The number of nitrogens with one attached hydrogen (secondary N) is 1. The van der Waals surface area contributed by atoms with E-state index in [1.54, 1.807) is 11.8 Å². The smallest absolute Gasteiger partial charge is 0.342 e. The van der Waals surface area contributed by atoms with Gasteiger partial charge in [0, 0.05) is 24.9 Å². The highest BCUT2D eigenvalue weighted by Gasteiger charge is 2.34. The Hall–Kier alpha value is -1.64. The van der Waals surface area contributed by atoms with Gasteiger partial charge in [-0.3, -0.25) is 9.59 Å². The van der Waals surface area contributed by atoms with Crippen molar-refractivity contribution >= 4 is 28.3 Å². The number of thiazole rings is 1. The van der Waals surface area contributed by atoms with Gasteiger partial charge in [0.05, 0.1) is 5.92 Å². The second kappa shape index (κ2) is 6.64. The van der Waals surface area contributed by atoms with Crippen molar-refractivity contribution in [2.45, 2.75) is 32.4 Å². The van der Waals surface area contributed by atoms with Crippen molar-refractivity contribution in [1.82, 2.24) is 9.88 Å². The van der Waals surface area contributed by atoms with Crippen LogP contribution in [0.15, 0.2) is 5.38 Å². The molecule has 1 saturated heterocycles. The molecule has 1 aliphatic heterocycles. The number of carbonyl (C=O) groups excluding carboxylic acids is 2. The molecule has 1 unspecified atom stereocenters. The second-order valence-corrected chi connectivity index (χ2v) is 5.92. The fourth-order valence-electron chi connectivity index (χ4n) is 2.31. The number of likely N-dealkylation sites (tertiary alicyclic amines) is 1. The van der Waals surface area contributed by atoms with E-state index in [2.05, 4.69) is 10.3 Å². The first-order valence-electron chi connectivity index (χ1n) is 6.92. The number of nitrogens with zero attached hydrogens (tertiary/aromatic N) is 2. The topological polar surface area (TPSA) is 62.3 Å². The van der Waals surface area contributed by atoms with Gasteiger partial charge < -0.3 is 10.2 Å². The maximum absolute atomic E-state index is 12.5. The summed E-state index contributed by atoms with van der Waals surface area (Å²) in [5.74, 6) is -0.828. The first-order valence-corrected chi connectivity index (χ1v) is 7.80. The van der Waals surface area contributed by atoms with Gasteiger partial charge in [-0.15, -0.1) is 11.3 Å². The number of carbonyl (C=O) groups is 2.